The quantitative estimate of drug-likeness (QED) is 0.504. The van der Waals surface area contributed by atoms with Crippen molar-refractivity contribution in [2.45, 2.75) is 32.9 Å². The van der Waals surface area contributed by atoms with E-state index in [1.165, 1.54) is 11.9 Å². The fraction of sp³-hybridized carbons (Fsp3) is 0.400. The van der Waals surface area contributed by atoms with Crippen molar-refractivity contribution in [1.82, 2.24) is 25.3 Å². The number of halogens is 1. The van der Waals surface area contributed by atoms with Gasteiger partial charge in [-0.3, -0.25) is 0 Å². The smallest absolute Gasteiger partial charge is 0.319 e. The molecule has 1 fully saturated rings. The summed E-state index contributed by atoms with van der Waals surface area (Å²) in [5.74, 6) is 2.40. The second kappa shape index (κ2) is 10.6. The number of nitrogens with one attached hydrogen (secondary N) is 2. The van der Waals surface area contributed by atoms with Gasteiger partial charge in [0.15, 0.2) is 5.82 Å². The molecule has 11 heteroatoms. The van der Waals surface area contributed by atoms with E-state index in [2.05, 4.69) is 37.3 Å². The van der Waals surface area contributed by atoms with Gasteiger partial charge in [-0.15, -0.1) is 0 Å². The molecule has 36 heavy (non-hydrogen) atoms. The fourth-order valence-corrected chi connectivity index (χ4v) is 4.69. The van der Waals surface area contributed by atoms with Crippen LogP contribution in [0.4, 0.5) is 22.1 Å². The molecule has 4 heterocycles. The van der Waals surface area contributed by atoms with Crippen LogP contribution in [0.25, 0.3) is 11.4 Å². The first-order valence-corrected chi connectivity index (χ1v) is 12.5. The zero-order valence-electron chi connectivity index (χ0n) is 20.4. The van der Waals surface area contributed by atoms with E-state index in [0.29, 0.717) is 43.0 Å². The van der Waals surface area contributed by atoms with Crippen LogP contribution in [0.1, 0.15) is 25.1 Å². The lowest BCUT2D eigenvalue weighted by atomic mass is 10.0. The molecule has 0 spiro atoms. The number of nitrogens with zero attached hydrogens (tertiary/aromatic N) is 6. The third kappa shape index (κ3) is 5.19. The monoisotopic (exact) mass is 508 g/mol. The minimum absolute atomic E-state index is 0.216. The third-order valence-electron chi connectivity index (χ3n) is 6.36. The van der Waals surface area contributed by atoms with Gasteiger partial charge in [0.1, 0.15) is 23.1 Å². The standard InChI is InChI=1S/C25H29ClN8O2/c1-3-27-25(35)30-18-6-4-17(5-7-18)23-31-20-13-33(22-12-21(26)28-15-29-22)9-8-19(20)24(32-23)34-10-11-36-14-16(34)2/h4-7,12,15-16H,3,8-11,13-14H2,1-2H3,(H2,27,30,35). The Morgan fingerprint density at radius 3 is 2.78 bits per heavy atom. The van der Waals surface area contributed by atoms with Crippen LogP contribution in [-0.4, -0.2) is 64.9 Å². The molecule has 2 aliphatic rings. The van der Waals surface area contributed by atoms with Gasteiger partial charge in [0.25, 0.3) is 0 Å². The molecule has 2 amide bonds. The highest BCUT2D eigenvalue weighted by Crippen LogP contribution is 2.33. The van der Waals surface area contributed by atoms with Gasteiger partial charge in [-0.2, -0.15) is 0 Å². The van der Waals surface area contributed by atoms with Crippen LogP contribution in [0.5, 0.6) is 0 Å². The number of amides is 2. The maximum atomic E-state index is 11.9. The van der Waals surface area contributed by atoms with Gasteiger partial charge in [-0.05, 0) is 44.5 Å². The molecule has 1 atom stereocenters. The van der Waals surface area contributed by atoms with Crippen molar-refractivity contribution in [2.24, 2.45) is 0 Å². The number of benzene rings is 1. The van der Waals surface area contributed by atoms with Crippen LogP contribution in [-0.2, 0) is 17.7 Å². The predicted molar refractivity (Wildman–Crippen MR) is 140 cm³/mol. The van der Waals surface area contributed by atoms with Crippen LogP contribution in [0.2, 0.25) is 5.15 Å². The molecule has 2 aliphatic heterocycles. The summed E-state index contributed by atoms with van der Waals surface area (Å²) in [5.41, 5.74) is 3.72. The molecule has 5 rings (SSSR count). The van der Waals surface area contributed by atoms with Crippen LogP contribution in [0.3, 0.4) is 0 Å². The van der Waals surface area contributed by atoms with Gasteiger partial charge < -0.3 is 25.2 Å². The van der Waals surface area contributed by atoms with Crippen LogP contribution >= 0.6 is 11.6 Å². The Kier molecular flexibility index (Phi) is 7.15. The first-order valence-electron chi connectivity index (χ1n) is 12.1. The van der Waals surface area contributed by atoms with Crippen molar-refractivity contribution in [1.29, 1.82) is 0 Å². The molecule has 0 aliphatic carbocycles. The summed E-state index contributed by atoms with van der Waals surface area (Å²) in [6, 6.07) is 9.34. The predicted octanol–water partition coefficient (Wildman–Crippen LogP) is 3.52. The number of aromatic nitrogens is 4. The first kappa shape index (κ1) is 24.2. The molecule has 3 aromatic rings. The van der Waals surface area contributed by atoms with E-state index in [0.717, 1.165) is 42.4 Å². The average molecular weight is 509 g/mol. The minimum atomic E-state index is -0.233. The molecule has 1 aromatic carbocycles. The number of urea groups is 1. The molecule has 0 saturated carbocycles. The van der Waals surface area contributed by atoms with E-state index < -0.39 is 0 Å². The van der Waals surface area contributed by atoms with E-state index >= 15 is 0 Å². The molecular formula is C25H29ClN8O2. The van der Waals surface area contributed by atoms with Crippen molar-refractivity contribution in [3.63, 3.8) is 0 Å². The lowest BCUT2D eigenvalue weighted by Crippen LogP contribution is -2.45. The number of rotatable bonds is 5. The second-order valence-electron chi connectivity index (χ2n) is 8.85. The van der Waals surface area contributed by atoms with Gasteiger partial charge in [0.2, 0.25) is 0 Å². The van der Waals surface area contributed by atoms with Crippen molar-refractivity contribution in [2.75, 3.05) is 48.0 Å². The minimum Gasteiger partial charge on any atom is -0.377 e. The molecule has 188 valence electrons. The summed E-state index contributed by atoms with van der Waals surface area (Å²) in [6.45, 7) is 8.11. The number of fused-ring (bicyclic) bond motifs is 1. The van der Waals surface area contributed by atoms with E-state index in [4.69, 9.17) is 26.3 Å². The maximum Gasteiger partial charge on any atom is 0.319 e. The molecule has 0 radical (unpaired) electrons. The van der Waals surface area contributed by atoms with E-state index in [1.807, 2.05) is 31.2 Å². The number of hydrogen-bond donors (Lipinski definition) is 2. The van der Waals surface area contributed by atoms with Crippen molar-refractivity contribution < 1.29 is 9.53 Å². The third-order valence-corrected chi connectivity index (χ3v) is 6.57. The Morgan fingerprint density at radius 1 is 1.19 bits per heavy atom. The Bertz CT molecular complexity index is 1240. The number of anilines is 3. The molecule has 1 unspecified atom stereocenters. The number of carbonyl (C=O) groups is 1. The Hall–Kier alpha value is -3.50. The summed E-state index contributed by atoms with van der Waals surface area (Å²) >= 11 is 6.12. The van der Waals surface area contributed by atoms with E-state index in [9.17, 15) is 4.79 Å². The van der Waals surface area contributed by atoms with Gasteiger partial charge >= 0.3 is 6.03 Å². The molecular weight excluding hydrogens is 480 g/mol. The average Bonchev–Trinajstić information content (AvgIpc) is 2.88. The van der Waals surface area contributed by atoms with Crippen LogP contribution in [0.15, 0.2) is 36.7 Å². The summed E-state index contributed by atoms with van der Waals surface area (Å²) in [5, 5.41) is 5.97. The highest BCUT2D eigenvalue weighted by Gasteiger charge is 2.29. The number of ether oxygens (including phenoxy) is 1. The number of hydrogen-bond acceptors (Lipinski definition) is 8. The fourth-order valence-electron chi connectivity index (χ4n) is 4.55. The molecule has 1 saturated heterocycles. The summed E-state index contributed by atoms with van der Waals surface area (Å²) < 4.78 is 5.68. The summed E-state index contributed by atoms with van der Waals surface area (Å²) in [6.07, 6.45) is 2.28. The second-order valence-corrected chi connectivity index (χ2v) is 9.23. The highest BCUT2D eigenvalue weighted by molar-refractivity contribution is 6.29. The van der Waals surface area contributed by atoms with Gasteiger partial charge in [0, 0.05) is 42.5 Å². The van der Waals surface area contributed by atoms with Crippen molar-refractivity contribution >= 4 is 35.0 Å². The van der Waals surface area contributed by atoms with E-state index in [1.54, 1.807) is 6.07 Å². The lowest BCUT2D eigenvalue weighted by molar-refractivity contribution is 0.0984. The summed E-state index contributed by atoms with van der Waals surface area (Å²) in [7, 11) is 0. The molecule has 0 bridgehead atoms. The normalized spacial score (nSPS) is 17.5. The first-order chi connectivity index (χ1) is 17.5. The highest BCUT2D eigenvalue weighted by atomic mass is 35.5. The zero-order chi connectivity index (χ0) is 25.1. The SMILES string of the molecule is CCNC(=O)Nc1ccc(-c2nc3c(c(N4CCOCC4C)n2)CCN(c2cc(Cl)ncn2)C3)cc1. The largest absolute Gasteiger partial charge is 0.377 e. The van der Waals surface area contributed by atoms with Gasteiger partial charge in [-0.25, -0.2) is 24.7 Å². The maximum absolute atomic E-state index is 11.9. The summed E-state index contributed by atoms with van der Waals surface area (Å²) in [4.78, 5) is 34.8. The lowest BCUT2D eigenvalue weighted by Gasteiger charge is -2.38. The molecule has 2 aromatic heterocycles. The van der Waals surface area contributed by atoms with Crippen molar-refractivity contribution in [3.8, 4) is 11.4 Å². The van der Waals surface area contributed by atoms with E-state index in [-0.39, 0.29) is 12.1 Å². The number of morpholine rings is 1. The molecule has 2 N–H and O–H groups in total. The van der Waals surface area contributed by atoms with Gasteiger partial charge in [0.05, 0.1) is 31.5 Å². The van der Waals surface area contributed by atoms with Crippen LogP contribution < -0.4 is 20.4 Å². The number of carbonyl (C=O) groups excluding carboxylic acids is 1. The zero-order valence-corrected chi connectivity index (χ0v) is 21.1. The van der Waals surface area contributed by atoms with Crippen LogP contribution in [0, 0.1) is 0 Å². The molecule has 10 nitrogen and oxygen atoms in total. The van der Waals surface area contributed by atoms with Gasteiger partial charge in [-0.1, -0.05) is 11.6 Å². The van der Waals surface area contributed by atoms with Crippen molar-refractivity contribution in [3.05, 3.63) is 53.1 Å². The Balaban J connectivity index is 1.50. The Morgan fingerprint density at radius 2 is 2.03 bits per heavy atom. The topological polar surface area (TPSA) is 108 Å². The Labute approximate surface area is 215 Å².